The monoisotopic (exact) mass is 753 g/mol. The first-order chi connectivity index (χ1) is 23.9. The minimum Gasteiger partial charge on any atom is -0.480 e. The van der Waals surface area contributed by atoms with Crippen LogP contribution >= 0.6 is 12.6 Å². The molecule has 23 heteroatoms. The van der Waals surface area contributed by atoms with Crippen LogP contribution in [0.3, 0.4) is 0 Å². The van der Waals surface area contributed by atoms with E-state index in [1.54, 1.807) is 0 Å². The Labute approximate surface area is 298 Å². The summed E-state index contributed by atoms with van der Waals surface area (Å²) in [4.78, 5) is 111. The van der Waals surface area contributed by atoms with E-state index in [2.05, 4.69) is 28.0 Å². The van der Waals surface area contributed by atoms with E-state index >= 15 is 0 Å². The summed E-state index contributed by atoms with van der Waals surface area (Å²) in [5.41, 5.74) is 0. The molecule has 0 aliphatic heterocycles. The van der Waals surface area contributed by atoms with Crippen LogP contribution in [0.4, 0.5) is 0 Å². The highest BCUT2D eigenvalue weighted by Crippen LogP contribution is 1.99. The number of hydrogen-bond donors (Lipinski definition) is 8. The lowest BCUT2D eigenvalue weighted by atomic mass is 10.3. The van der Waals surface area contributed by atoms with Crippen molar-refractivity contribution < 1.29 is 73.4 Å². The van der Waals surface area contributed by atoms with Gasteiger partial charge < -0.3 is 45.8 Å². The second kappa shape index (κ2) is 26.3. The van der Waals surface area contributed by atoms with Crippen molar-refractivity contribution in [2.75, 3.05) is 118 Å². The van der Waals surface area contributed by atoms with Crippen LogP contribution in [-0.4, -0.2) is 221 Å². The van der Waals surface area contributed by atoms with Crippen molar-refractivity contribution in [3.63, 3.8) is 0 Å². The number of rotatable bonds is 30. The molecule has 22 nitrogen and oxygen atoms in total. The van der Waals surface area contributed by atoms with Gasteiger partial charge in [0.2, 0.25) is 17.7 Å². The molecule has 0 radical (unpaired) electrons. The Kier molecular flexibility index (Phi) is 23.9. The standard InChI is InChI=1S/C28H47N7O15S/c1-50-28(49)19-34(18-27(47)48)10-8-32(15-24(41)42)13-21(37)30-4-6-35(22(38)2-11-51)5-3-29-20(36)12-31(14-23(39)40)7-9-33(16-25(43)44)17-26(45)46/h51H,2-19H2,1H3,(H,29,36)(H,30,37)(H,39,40)(H,41,42)(H,43,44)(H,45,46)(H,47,48). The van der Waals surface area contributed by atoms with E-state index in [-0.39, 0.29) is 77.0 Å². The summed E-state index contributed by atoms with van der Waals surface area (Å²) in [5.74, 6) is -8.41. The number of methoxy groups -OCH3 is 1. The van der Waals surface area contributed by atoms with Crippen molar-refractivity contribution >= 4 is 66.2 Å². The fraction of sp³-hybridized carbons (Fsp3) is 0.679. The first kappa shape index (κ1) is 46.4. The van der Waals surface area contributed by atoms with Crippen LogP contribution in [0.1, 0.15) is 6.42 Å². The van der Waals surface area contributed by atoms with Crippen LogP contribution in [0.25, 0.3) is 0 Å². The van der Waals surface area contributed by atoms with Gasteiger partial charge in [-0.2, -0.15) is 12.6 Å². The van der Waals surface area contributed by atoms with Gasteiger partial charge in [0.1, 0.15) is 0 Å². The van der Waals surface area contributed by atoms with E-state index in [0.29, 0.717) is 0 Å². The molecule has 7 N–H and O–H groups in total. The van der Waals surface area contributed by atoms with E-state index < -0.39 is 93.4 Å². The van der Waals surface area contributed by atoms with Crippen molar-refractivity contribution in [2.24, 2.45) is 0 Å². The maximum absolute atomic E-state index is 12.7. The molecule has 0 heterocycles. The SMILES string of the molecule is COC(=O)CN(CCN(CC(=O)O)CC(=O)NCCN(CCNC(=O)CN(CCN(CC(=O)O)CC(=O)O)CC(=O)O)C(=O)CCS)CC(=O)O. The predicted octanol–water partition coefficient (Wildman–Crippen LogP) is -4.83. The minimum atomic E-state index is -1.29. The zero-order valence-corrected chi connectivity index (χ0v) is 29.1. The number of esters is 1. The number of hydrogen-bond acceptors (Lipinski definition) is 15. The molecule has 0 fully saturated rings. The van der Waals surface area contributed by atoms with Gasteiger partial charge in [0, 0.05) is 58.8 Å². The number of amides is 3. The number of nitrogens with one attached hydrogen (secondary N) is 2. The highest BCUT2D eigenvalue weighted by Gasteiger charge is 2.21. The summed E-state index contributed by atoms with van der Waals surface area (Å²) in [6, 6.07) is 0. The smallest absolute Gasteiger partial charge is 0.319 e. The lowest BCUT2D eigenvalue weighted by molar-refractivity contribution is -0.145. The van der Waals surface area contributed by atoms with E-state index in [0.717, 1.165) is 12.0 Å². The highest BCUT2D eigenvalue weighted by molar-refractivity contribution is 7.80. The summed E-state index contributed by atoms with van der Waals surface area (Å²) in [7, 11) is 1.13. The first-order valence-corrected chi connectivity index (χ1v) is 16.1. The van der Waals surface area contributed by atoms with Crippen LogP contribution in [0.15, 0.2) is 0 Å². The molecule has 0 aromatic heterocycles. The van der Waals surface area contributed by atoms with Crippen molar-refractivity contribution in [3.05, 3.63) is 0 Å². The molecule has 0 aromatic rings. The third-order valence-electron chi connectivity index (χ3n) is 6.66. The quantitative estimate of drug-likeness (QED) is 0.0252. The Morgan fingerprint density at radius 1 is 0.510 bits per heavy atom. The first-order valence-electron chi connectivity index (χ1n) is 15.4. The van der Waals surface area contributed by atoms with Crippen LogP contribution in [-0.2, 0) is 47.9 Å². The number of carboxylic acid groups (broad SMARTS) is 5. The van der Waals surface area contributed by atoms with Gasteiger partial charge in [0.15, 0.2) is 0 Å². The Morgan fingerprint density at radius 3 is 1.12 bits per heavy atom. The molecule has 0 saturated heterocycles. The summed E-state index contributed by atoms with van der Waals surface area (Å²) < 4.78 is 4.54. The number of carbonyl (C=O) groups excluding carboxylic acids is 4. The molecule has 0 aliphatic rings. The molecule has 0 unspecified atom stereocenters. The van der Waals surface area contributed by atoms with E-state index in [9.17, 15) is 53.4 Å². The molecule has 0 rings (SSSR count). The number of carbonyl (C=O) groups is 9. The van der Waals surface area contributed by atoms with Gasteiger partial charge in [-0.1, -0.05) is 0 Å². The maximum atomic E-state index is 12.7. The second-order valence-electron chi connectivity index (χ2n) is 10.9. The van der Waals surface area contributed by atoms with Gasteiger partial charge >= 0.3 is 35.8 Å². The molecule has 0 spiro atoms. The average Bonchev–Trinajstić information content (AvgIpc) is 3.00. The Hall–Kier alpha value is -4.58. The topological polar surface area (TPSA) is 304 Å². The summed E-state index contributed by atoms with van der Waals surface area (Å²) in [6.45, 7) is -4.67. The number of ether oxygens (including phenoxy) is 1. The summed E-state index contributed by atoms with van der Waals surface area (Å²) in [6.07, 6.45) is 0.0331. The van der Waals surface area contributed by atoms with Gasteiger partial charge in [-0.05, 0) is 5.75 Å². The average molecular weight is 754 g/mol. The van der Waals surface area contributed by atoms with Crippen molar-refractivity contribution in [2.45, 2.75) is 6.42 Å². The Balaban J connectivity index is 5.16. The van der Waals surface area contributed by atoms with Gasteiger partial charge in [0.05, 0.1) is 59.5 Å². The van der Waals surface area contributed by atoms with Crippen molar-refractivity contribution in [3.8, 4) is 0 Å². The lowest BCUT2D eigenvalue weighted by Gasteiger charge is -2.26. The molecule has 0 aliphatic carbocycles. The molecule has 0 atom stereocenters. The van der Waals surface area contributed by atoms with E-state index in [1.165, 1.54) is 19.6 Å². The van der Waals surface area contributed by atoms with Gasteiger partial charge in [-0.3, -0.25) is 62.8 Å². The van der Waals surface area contributed by atoms with E-state index in [1.807, 2.05) is 0 Å². The number of thiol groups is 1. The number of aliphatic carboxylic acids is 5. The number of nitrogens with zero attached hydrogens (tertiary/aromatic N) is 5. The van der Waals surface area contributed by atoms with Gasteiger partial charge in [0.25, 0.3) is 0 Å². The molecule has 0 saturated carbocycles. The van der Waals surface area contributed by atoms with Crippen LogP contribution in [0, 0.1) is 0 Å². The van der Waals surface area contributed by atoms with E-state index in [4.69, 9.17) is 15.3 Å². The highest BCUT2D eigenvalue weighted by atomic mass is 32.1. The van der Waals surface area contributed by atoms with Gasteiger partial charge in [-0.15, -0.1) is 0 Å². The molecule has 0 aromatic carbocycles. The largest absolute Gasteiger partial charge is 0.480 e. The fourth-order valence-corrected chi connectivity index (χ4v) is 4.61. The maximum Gasteiger partial charge on any atom is 0.319 e. The molecular weight excluding hydrogens is 706 g/mol. The third-order valence-corrected chi connectivity index (χ3v) is 6.88. The Morgan fingerprint density at radius 2 is 0.824 bits per heavy atom. The van der Waals surface area contributed by atoms with Crippen LogP contribution in [0.2, 0.25) is 0 Å². The minimum absolute atomic E-state index is 0.00714. The Bertz CT molecular complexity index is 1190. The van der Waals surface area contributed by atoms with Crippen LogP contribution in [0.5, 0.6) is 0 Å². The lowest BCUT2D eigenvalue weighted by Crippen LogP contribution is -2.48. The predicted molar refractivity (Wildman–Crippen MR) is 177 cm³/mol. The summed E-state index contributed by atoms with van der Waals surface area (Å²) in [5, 5.41) is 50.7. The second-order valence-corrected chi connectivity index (χ2v) is 11.4. The molecule has 290 valence electrons. The van der Waals surface area contributed by atoms with Gasteiger partial charge in [-0.25, -0.2) is 0 Å². The fourth-order valence-electron chi connectivity index (χ4n) is 4.42. The molecule has 3 amide bonds. The molecule has 0 bridgehead atoms. The van der Waals surface area contributed by atoms with Crippen LogP contribution < -0.4 is 10.6 Å². The molecular formula is C28H47N7O15S. The van der Waals surface area contributed by atoms with Crippen molar-refractivity contribution in [1.82, 2.24) is 35.1 Å². The number of carboxylic acids is 5. The molecule has 51 heavy (non-hydrogen) atoms. The zero-order valence-electron chi connectivity index (χ0n) is 28.2. The van der Waals surface area contributed by atoms with Crippen molar-refractivity contribution in [1.29, 1.82) is 0 Å². The normalized spacial score (nSPS) is 11.0. The zero-order chi connectivity index (χ0) is 38.9. The third kappa shape index (κ3) is 25.1. The summed E-state index contributed by atoms with van der Waals surface area (Å²) >= 11 is 4.05.